The average Bonchev–Trinajstić information content (AvgIpc) is 3.17. The molecule has 1 unspecified atom stereocenters. The van der Waals surface area contributed by atoms with Crippen molar-refractivity contribution in [1.29, 1.82) is 0 Å². The summed E-state index contributed by atoms with van der Waals surface area (Å²) in [5.74, 6) is -2.58. The molecule has 1 N–H and O–H groups in total. The van der Waals surface area contributed by atoms with Gasteiger partial charge in [-0.15, -0.1) is 0 Å². The first kappa shape index (κ1) is 13.5. The van der Waals surface area contributed by atoms with Crippen LogP contribution in [0.25, 0.3) is 0 Å². The molecule has 102 valence electrons. The van der Waals surface area contributed by atoms with Crippen LogP contribution in [0.15, 0.2) is 24.3 Å². The highest BCUT2D eigenvalue weighted by Crippen LogP contribution is 2.41. The van der Waals surface area contributed by atoms with Gasteiger partial charge in [0.2, 0.25) is 5.91 Å². The number of carboxylic acid groups (broad SMARTS) is 1. The van der Waals surface area contributed by atoms with Crippen molar-refractivity contribution in [1.82, 2.24) is 4.90 Å². The highest BCUT2D eigenvalue weighted by Gasteiger charge is 2.49. The molecule has 0 aromatic heterocycles. The Kier molecular flexibility index (Phi) is 3.55. The summed E-state index contributed by atoms with van der Waals surface area (Å²) in [5, 5.41) is 8.82. The monoisotopic (exact) mass is 265 g/mol. The molecule has 1 fully saturated rings. The Morgan fingerprint density at radius 2 is 2.00 bits per heavy atom. The van der Waals surface area contributed by atoms with E-state index in [9.17, 15) is 14.0 Å². The molecule has 3 atom stereocenters. The molecule has 19 heavy (non-hydrogen) atoms. The molecule has 2 rings (SSSR count). The second-order valence-corrected chi connectivity index (χ2v) is 4.93. The lowest BCUT2D eigenvalue weighted by Crippen LogP contribution is -2.32. The molecular weight excluding hydrogens is 249 g/mol. The van der Waals surface area contributed by atoms with Crippen LogP contribution < -0.4 is 0 Å². The third-order valence-electron chi connectivity index (χ3n) is 3.71. The van der Waals surface area contributed by atoms with Gasteiger partial charge in [-0.1, -0.05) is 18.2 Å². The fraction of sp³-hybridized carbons (Fsp3) is 0.429. The molecule has 1 aromatic carbocycles. The summed E-state index contributed by atoms with van der Waals surface area (Å²) in [4.78, 5) is 24.3. The van der Waals surface area contributed by atoms with Crippen LogP contribution in [0.4, 0.5) is 4.39 Å². The number of hydrogen-bond acceptors (Lipinski definition) is 2. The average molecular weight is 265 g/mol. The van der Waals surface area contributed by atoms with Gasteiger partial charge in [0, 0.05) is 12.6 Å². The number of amides is 1. The van der Waals surface area contributed by atoms with Crippen molar-refractivity contribution in [2.45, 2.75) is 19.4 Å². The summed E-state index contributed by atoms with van der Waals surface area (Å²) in [6.45, 7) is 1.73. The molecular formula is C14H16FNO3. The Hall–Kier alpha value is -1.91. The number of hydrogen-bond donors (Lipinski definition) is 1. The number of carbonyl (C=O) groups is 2. The van der Waals surface area contributed by atoms with E-state index in [1.165, 1.54) is 11.0 Å². The van der Waals surface area contributed by atoms with E-state index in [0.717, 1.165) is 0 Å². The third-order valence-corrected chi connectivity index (χ3v) is 3.71. The Bertz CT molecular complexity index is 517. The molecule has 1 amide bonds. The fourth-order valence-electron chi connectivity index (χ4n) is 2.22. The van der Waals surface area contributed by atoms with Gasteiger partial charge in [-0.2, -0.15) is 0 Å². The largest absolute Gasteiger partial charge is 0.481 e. The van der Waals surface area contributed by atoms with Crippen LogP contribution in [0.1, 0.15) is 24.9 Å². The van der Waals surface area contributed by atoms with Crippen LogP contribution in [0.3, 0.4) is 0 Å². The molecule has 1 saturated carbocycles. The van der Waals surface area contributed by atoms with Gasteiger partial charge in [0.25, 0.3) is 0 Å². The van der Waals surface area contributed by atoms with Gasteiger partial charge < -0.3 is 10.0 Å². The van der Waals surface area contributed by atoms with E-state index < -0.39 is 23.8 Å². The quantitative estimate of drug-likeness (QED) is 0.906. The molecule has 0 saturated heterocycles. The van der Waals surface area contributed by atoms with Gasteiger partial charge in [0.05, 0.1) is 17.9 Å². The van der Waals surface area contributed by atoms with E-state index in [4.69, 9.17) is 5.11 Å². The molecule has 4 nitrogen and oxygen atoms in total. The minimum atomic E-state index is -0.940. The minimum absolute atomic E-state index is 0.233. The topological polar surface area (TPSA) is 57.6 Å². The van der Waals surface area contributed by atoms with E-state index >= 15 is 0 Å². The predicted molar refractivity (Wildman–Crippen MR) is 66.8 cm³/mol. The molecule has 0 radical (unpaired) electrons. The maximum atomic E-state index is 13.7. The van der Waals surface area contributed by atoms with Crippen LogP contribution in [0, 0.1) is 17.7 Å². The highest BCUT2D eigenvalue weighted by atomic mass is 19.1. The highest BCUT2D eigenvalue weighted by molar-refractivity contribution is 5.89. The number of carboxylic acids is 1. The van der Waals surface area contributed by atoms with Gasteiger partial charge >= 0.3 is 5.97 Å². The first-order chi connectivity index (χ1) is 8.93. The summed E-state index contributed by atoms with van der Waals surface area (Å²) in [6.07, 6.45) is 0.377. The number of carbonyl (C=O) groups excluding carboxylic acids is 1. The van der Waals surface area contributed by atoms with Gasteiger partial charge in [-0.3, -0.25) is 9.59 Å². The van der Waals surface area contributed by atoms with Crippen molar-refractivity contribution in [3.8, 4) is 0 Å². The van der Waals surface area contributed by atoms with Crippen molar-refractivity contribution in [3.63, 3.8) is 0 Å². The van der Waals surface area contributed by atoms with E-state index in [1.807, 2.05) is 0 Å². The van der Waals surface area contributed by atoms with Crippen LogP contribution in [-0.2, 0) is 9.59 Å². The van der Waals surface area contributed by atoms with E-state index in [1.54, 1.807) is 32.2 Å². The Morgan fingerprint density at radius 1 is 1.37 bits per heavy atom. The summed E-state index contributed by atoms with van der Waals surface area (Å²) >= 11 is 0. The van der Waals surface area contributed by atoms with Crippen LogP contribution in [0.2, 0.25) is 0 Å². The number of benzene rings is 1. The molecule has 1 aromatic rings. The van der Waals surface area contributed by atoms with Crippen LogP contribution >= 0.6 is 0 Å². The second kappa shape index (κ2) is 4.99. The van der Waals surface area contributed by atoms with Gasteiger partial charge in [0.15, 0.2) is 0 Å². The maximum absolute atomic E-state index is 13.7. The first-order valence-corrected chi connectivity index (χ1v) is 6.17. The molecule has 1 aliphatic rings. The number of halogens is 1. The molecule has 1 aliphatic carbocycles. The summed E-state index contributed by atoms with van der Waals surface area (Å²) in [6, 6.07) is 5.87. The van der Waals surface area contributed by atoms with Crippen molar-refractivity contribution in [3.05, 3.63) is 35.6 Å². The lowest BCUT2D eigenvalue weighted by Gasteiger charge is -2.25. The number of aliphatic carboxylic acids is 1. The third kappa shape index (κ3) is 2.59. The smallest absolute Gasteiger partial charge is 0.307 e. The summed E-state index contributed by atoms with van der Waals surface area (Å²) in [5.41, 5.74) is 0.436. The lowest BCUT2D eigenvalue weighted by molar-refractivity contribution is -0.142. The fourth-order valence-corrected chi connectivity index (χ4v) is 2.22. The van der Waals surface area contributed by atoms with Crippen molar-refractivity contribution >= 4 is 11.9 Å². The van der Waals surface area contributed by atoms with Gasteiger partial charge in [-0.05, 0) is 19.4 Å². The van der Waals surface area contributed by atoms with Crippen LogP contribution in [-0.4, -0.2) is 28.9 Å². The molecule has 0 bridgehead atoms. The Morgan fingerprint density at radius 3 is 2.53 bits per heavy atom. The lowest BCUT2D eigenvalue weighted by atomic mass is 10.1. The van der Waals surface area contributed by atoms with Gasteiger partial charge in [-0.25, -0.2) is 4.39 Å². The normalized spacial score (nSPS) is 22.7. The van der Waals surface area contributed by atoms with E-state index in [2.05, 4.69) is 0 Å². The van der Waals surface area contributed by atoms with Crippen molar-refractivity contribution < 1.29 is 19.1 Å². The zero-order valence-electron chi connectivity index (χ0n) is 10.8. The number of nitrogens with zero attached hydrogens (tertiary/aromatic N) is 1. The summed E-state index contributed by atoms with van der Waals surface area (Å²) < 4.78 is 13.7. The first-order valence-electron chi connectivity index (χ1n) is 6.17. The zero-order chi connectivity index (χ0) is 14.2. The van der Waals surface area contributed by atoms with Gasteiger partial charge in [0.1, 0.15) is 5.82 Å². The zero-order valence-corrected chi connectivity index (χ0v) is 10.8. The molecule has 0 heterocycles. The predicted octanol–water partition coefficient (Wildman–Crippen LogP) is 2.07. The minimum Gasteiger partial charge on any atom is -0.481 e. The van der Waals surface area contributed by atoms with E-state index in [0.29, 0.717) is 12.0 Å². The molecule has 0 aliphatic heterocycles. The Labute approximate surface area is 110 Å². The number of rotatable bonds is 4. The Balaban J connectivity index is 2.08. The molecule has 0 spiro atoms. The van der Waals surface area contributed by atoms with Crippen LogP contribution in [0.5, 0.6) is 0 Å². The standard InChI is InChI=1S/C14H16FNO3/c1-8(9-5-3-4-6-12(9)15)16(2)13(17)10-7-11(10)14(18)19/h3-6,8,10-11H,7H2,1-2H3,(H,18,19)/t8?,10-,11+/m1/s1. The maximum Gasteiger partial charge on any atom is 0.307 e. The second-order valence-electron chi connectivity index (χ2n) is 4.93. The summed E-state index contributed by atoms with van der Waals surface area (Å²) in [7, 11) is 1.58. The van der Waals surface area contributed by atoms with Crippen molar-refractivity contribution in [2.75, 3.05) is 7.05 Å². The van der Waals surface area contributed by atoms with E-state index in [-0.39, 0.29) is 11.7 Å². The van der Waals surface area contributed by atoms with Crippen molar-refractivity contribution in [2.24, 2.45) is 11.8 Å². The molecule has 5 heteroatoms. The SMILES string of the molecule is CC(c1ccccc1F)N(C)C(=O)[C@@H]1C[C@@H]1C(=O)O.